The Morgan fingerprint density at radius 1 is 1.24 bits per heavy atom. The molecule has 1 aliphatic heterocycles. The fourth-order valence-electron chi connectivity index (χ4n) is 2.28. The van der Waals surface area contributed by atoms with Crippen molar-refractivity contribution in [2.45, 2.75) is 18.8 Å². The van der Waals surface area contributed by atoms with Gasteiger partial charge in [-0.15, -0.1) is 0 Å². The van der Waals surface area contributed by atoms with Gasteiger partial charge in [0.2, 0.25) is 5.91 Å². The van der Waals surface area contributed by atoms with Crippen LogP contribution in [0.5, 0.6) is 0 Å². The maximum Gasteiger partial charge on any atom is 0.307 e. The lowest BCUT2D eigenvalue weighted by molar-refractivity contribution is -0.172. The Labute approximate surface area is 95.4 Å². The highest BCUT2D eigenvalue weighted by Crippen LogP contribution is 2.35. The van der Waals surface area contributed by atoms with Crippen molar-refractivity contribution in [2.24, 2.45) is 11.8 Å². The van der Waals surface area contributed by atoms with E-state index in [0.29, 0.717) is 0 Å². The van der Waals surface area contributed by atoms with Gasteiger partial charge >= 0.3 is 5.97 Å². The predicted octanol–water partition coefficient (Wildman–Crippen LogP) is 0.144. The molecule has 0 aromatic rings. The van der Waals surface area contributed by atoms with Crippen molar-refractivity contribution >= 4 is 17.7 Å². The molecule has 94 valence electrons. The van der Waals surface area contributed by atoms with Crippen molar-refractivity contribution in [3.05, 3.63) is 0 Å². The number of halogens is 2. The van der Waals surface area contributed by atoms with Gasteiger partial charge in [0.1, 0.15) is 5.78 Å². The van der Waals surface area contributed by atoms with Gasteiger partial charge in [0, 0.05) is 12.8 Å². The van der Waals surface area contributed by atoms with Crippen LogP contribution in [0.3, 0.4) is 0 Å². The fraction of sp³-hybridized carbons (Fsp3) is 0.700. The van der Waals surface area contributed by atoms with Crippen molar-refractivity contribution in [2.75, 3.05) is 13.1 Å². The van der Waals surface area contributed by atoms with E-state index in [1.807, 2.05) is 0 Å². The number of hydrogen-bond acceptors (Lipinski definition) is 3. The zero-order valence-electron chi connectivity index (χ0n) is 8.86. The first-order valence-corrected chi connectivity index (χ1v) is 5.21. The van der Waals surface area contributed by atoms with Gasteiger partial charge in [-0.3, -0.25) is 14.4 Å². The van der Waals surface area contributed by atoms with Crippen LogP contribution in [0.25, 0.3) is 0 Å². The second kappa shape index (κ2) is 3.75. The lowest BCUT2D eigenvalue weighted by atomic mass is 9.93. The van der Waals surface area contributed by atoms with Gasteiger partial charge in [0.05, 0.1) is 24.9 Å². The molecule has 17 heavy (non-hydrogen) atoms. The summed E-state index contributed by atoms with van der Waals surface area (Å²) in [7, 11) is 0. The first-order chi connectivity index (χ1) is 7.80. The average Bonchev–Trinajstić information content (AvgIpc) is 2.55. The second-order valence-electron chi connectivity index (χ2n) is 4.55. The Bertz CT molecular complexity index is 388. The number of likely N-dealkylation sites (tertiary alicyclic amines) is 1. The second-order valence-corrected chi connectivity index (χ2v) is 4.55. The molecule has 2 fully saturated rings. The molecule has 1 amide bonds. The molecule has 0 radical (unpaired) electrons. The molecule has 1 N–H and O–H groups in total. The third-order valence-corrected chi connectivity index (χ3v) is 3.17. The van der Waals surface area contributed by atoms with E-state index in [-0.39, 0.29) is 18.6 Å². The molecule has 0 aromatic carbocycles. The SMILES string of the molecule is O=C1C[C@@H](C(=O)O)[C@H](C(=O)N2CC(F)(F)C2)C1. The van der Waals surface area contributed by atoms with Crippen LogP contribution in [0, 0.1) is 11.8 Å². The number of ketones is 1. The number of carbonyl (C=O) groups excluding carboxylic acids is 2. The number of hydrogen-bond donors (Lipinski definition) is 1. The first kappa shape index (κ1) is 11.9. The Kier molecular flexibility index (Phi) is 2.63. The van der Waals surface area contributed by atoms with Crippen LogP contribution >= 0.6 is 0 Å². The van der Waals surface area contributed by atoms with Gasteiger partial charge < -0.3 is 10.0 Å². The van der Waals surface area contributed by atoms with Crippen molar-refractivity contribution in [3.63, 3.8) is 0 Å². The number of rotatable bonds is 2. The summed E-state index contributed by atoms with van der Waals surface area (Å²) in [5.74, 6) is -7.09. The van der Waals surface area contributed by atoms with Crippen LogP contribution < -0.4 is 0 Å². The Morgan fingerprint density at radius 2 is 1.76 bits per heavy atom. The number of amides is 1. The third-order valence-electron chi connectivity index (χ3n) is 3.17. The van der Waals surface area contributed by atoms with Crippen LogP contribution in [0.1, 0.15) is 12.8 Å². The fourth-order valence-corrected chi connectivity index (χ4v) is 2.28. The molecule has 0 unspecified atom stereocenters. The van der Waals surface area contributed by atoms with Gasteiger partial charge in [-0.2, -0.15) is 0 Å². The van der Waals surface area contributed by atoms with E-state index in [0.717, 1.165) is 4.90 Å². The molecule has 1 saturated heterocycles. The number of aliphatic carboxylic acids is 1. The minimum atomic E-state index is -2.88. The Morgan fingerprint density at radius 3 is 2.24 bits per heavy atom. The van der Waals surface area contributed by atoms with E-state index in [9.17, 15) is 23.2 Å². The highest BCUT2D eigenvalue weighted by molar-refractivity contribution is 5.96. The third kappa shape index (κ3) is 2.13. The monoisotopic (exact) mass is 247 g/mol. The number of carboxylic acid groups (broad SMARTS) is 1. The summed E-state index contributed by atoms with van der Waals surface area (Å²) < 4.78 is 25.2. The number of nitrogens with zero attached hydrogens (tertiary/aromatic N) is 1. The van der Waals surface area contributed by atoms with Crippen LogP contribution in [-0.4, -0.2) is 46.7 Å². The molecule has 0 bridgehead atoms. The molecule has 2 atom stereocenters. The van der Waals surface area contributed by atoms with Gasteiger partial charge in [0.25, 0.3) is 5.92 Å². The lowest BCUT2D eigenvalue weighted by Gasteiger charge is -2.40. The quantitative estimate of drug-likeness (QED) is 0.753. The van der Waals surface area contributed by atoms with E-state index in [1.165, 1.54) is 0 Å². The van der Waals surface area contributed by atoms with Gasteiger partial charge in [-0.05, 0) is 0 Å². The van der Waals surface area contributed by atoms with E-state index in [4.69, 9.17) is 5.11 Å². The zero-order valence-corrected chi connectivity index (χ0v) is 8.86. The lowest BCUT2D eigenvalue weighted by Crippen LogP contribution is -2.60. The smallest absolute Gasteiger partial charge is 0.307 e. The summed E-state index contributed by atoms with van der Waals surface area (Å²) in [5, 5.41) is 8.85. The highest BCUT2D eigenvalue weighted by Gasteiger charge is 2.51. The minimum absolute atomic E-state index is 0.155. The number of Topliss-reactive ketones (excluding diaryl/α,β-unsaturated/α-hetero) is 1. The summed E-state index contributed by atoms with van der Waals surface area (Å²) in [4.78, 5) is 34.7. The summed E-state index contributed by atoms with van der Waals surface area (Å²) >= 11 is 0. The number of carboxylic acids is 1. The minimum Gasteiger partial charge on any atom is -0.481 e. The van der Waals surface area contributed by atoms with E-state index >= 15 is 0 Å². The highest BCUT2D eigenvalue weighted by atomic mass is 19.3. The van der Waals surface area contributed by atoms with Gasteiger partial charge in [-0.1, -0.05) is 0 Å². The standard InChI is InChI=1S/C10H11F2NO4/c11-10(12)3-13(4-10)8(15)6-1-5(14)2-7(6)9(16)17/h6-7H,1-4H2,(H,16,17)/t6-,7-/m1/s1. The van der Waals surface area contributed by atoms with E-state index < -0.39 is 42.7 Å². The molecule has 0 spiro atoms. The molecular formula is C10H11F2NO4. The van der Waals surface area contributed by atoms with Crippen LogP contribution in [-0.2, 0) is 14.4 Å². The van der Waals surface area contributed by atoms with E-state index in [2.05, 4.69) is 0 Å². The molecule has 2 rings (SSSR count). The Balaban J connectivity index is 2.04. The molecule has 1 saturated carbocycles. The average molecular weight is 247 g/mol. The molecule has 1 heterocycles. The summed E-state index contributed by atoms with van der Waals surface area (Å²) in [6, 6.07) is 0. The summed E-state index contributed by atoms with van der Waals surface area (Å²) in [6.45, 7) is -1.36. The van der Waals surface area contributed by atoms with Crippen LogP contribution in [0.2, 0.25) is 0 Å². The molecular weight excluding hydrogens is 236 g/mol. The first-order valence-electron chi connectivity index (χ1n) is 5.21. The van der Waals surface area contributed by atoms with Crippen LogP contribution in [0.4, 0.5) is 8.78 Å². The number of alkyl halides is 2. The summed E-state index contributed by atoms with van der Waals surface area (Å²) in [6.07, 6.45) is -0.339. The van der Waals surface area contributed by atoms with E-state index in [1.54, 1.807) is 0 Å². The van der Waals surface area contributed by atoms with Crippen molar-refractivity contribution in [1.82, 2.24) is 4.90 Å². The molecule has 2 aliphatic rings. The maximum absolute atomic E-state index is 12.6. The normalized spacial score (nSPS) is 31.2. The maximum atomic E-state index is 12.6. The topological polar surface area (TPSA) is 74.7 Å². The van der Waals surface area contributed by atoms with Gasteiger partial charge in [0.15, 0.2) is 0 Å². The van der Waals surface area contributed by atoms with Crippen molar-refractivity contribution in [1.29, 1.82) is 0 Å². The molecule has 1 aliphatic carbocycles. The zero-order chi connectivity index (χ0) is 12.8. The predicted molar refractivity (Wildman–Crippen MR) is 50.4 cm³/mol. The molecule has 5 nitrogen and oxygen atoms in total. The molecule has 0 aromatic heterocycles. The van der Waals surface area contributed by atoms with Gasteiger partial charge in [-0.25, -0.2) is 8.78 Å². The van der Waals surface area contributed by atoms with Crippen LogP contribution in [0.15, 0.2) is 0 Å². The molecule has 7 heteroatoms. The Hall–Kier alpha value is -1.53. The largest absolute Gasteiger partial charge is 0.481 e. The van der Waals surface area contributed by atoms with Crippen molar-refractivity contribution < 1.29 is 28.3 Å². The number of carbonyl (C=O) groups is 3. The van der Waals surface area contributed by atoms with Crippen molar-refractivity contribution in [3.8, 4) is 0 Å². The summed E-state index contributed by atoms with van der Waals surface area (Å²) in [5.41, 5.74) is 0.